The van der Waals surface area contributed by atoms with Gasteiger partial charge < -0.3 is 10.4 Å². The van der Waals surface area contributed by atoms with E-state index in [1.807, 2.05) is 10.1 Å². The highest BCUT2D eigenvalue weighted by molar-refractivity contribution is 7.87. The maximum absolute atomic E-state index is 10.9. The molecule has 1 aromatic carbocycles. The summed E-state index contributed by atoms with van der Waals surface area (Å²) >= 11 is 1.50. The van der Waals surface area contributed by atoms with Crippen LogP contribution in [0.2, 0.25) is 0 Å². The predicted octanol–water partition coefficient (Wildman–Crippen LogP) is 2.77. The average molecular weight is 400 g/mol. The second kappa shape index (κ2) is 8.45. The van der Waals surface area contributed by atoms with E-state index in [-0.39, 0.29) is 18.1 Å². The molecule has 0 spiro atoms. The van der Waals surface area contributed by atoms with E-state index in [0.29, 0.717) is 17.8 Å². The Morgan fingerprint density at radius 3 is 2.38 bits per heavy atom. The van der Waals surface area contributed by atoms with Crippen molar-refractivity contribution in [3.63, 3.8) is 0 Å². The molecule has 4 N–H and O–H groups in total. The standard InChI is InChI=1S/C17H25N3O4S2/c1-17(2,3)11-18-15(16-19-14(9-21)10-25-16)8-12-4-6-13(7-5-12)20-26(22,23)24/h4-7,10,15,18,20-21H,8-9,11H2,1-3H3,(H,22,23,24)/t15-/m0/s1. The summed E-state index contributed by atoms with van der Waals surface area (Å²) < 4.78 is 32.6. The van der Waals surface area contributed by atoms with E-state index in [2.05, 4.69) is 31.1 Å². The van der Waals surface area contributed by atoms with E-state index in [0.717, 1.165) is 17.1 Å². The molecular weight excluding hydrogens is 374 g/mol. The lowest BCUT2D eigenvalue weighted by Crippen LogP contribution is -2.31. The highest BCUT2D eigenvalue weighted by Gasteiger charge is 2.19. The maximum Gasteiger partial charge on any atom is 0.357 e. The Bertz CT molecular complexity index is 811. The number of aromatic nitrogens is 1. The van der Waals surface area contributed by atoms with Gasteiger partial charge in [0, 0.05) is 11.9 Å². The van der Waals surface area contributed by atoms with Gasteiger partial charge in [0.05, 0.1) is 24.0 Å². The summed E-state index contributed by atoms with van der Waals surface area (Å²) in [5.41, 5.74) is 2.06. The smallest absolute Gasteiger partial charge is 0.357 e. The molecule has 2 aromatic rings. The number of nitrogens with zero attached hydrogens (tertiary/aromatic N) is 1. The fraction of sp³-hybridized carbons (Fsp3) is 0.471. The largest absolute Gasteiger partial charge is 0.390 e. The summed E-state index contributed by atoms with van der Waals surface area (Å²) in [7, 11) is -4.28. The summed E-state index contributed by atoms with van der Waals surface area (Å²) in [4.78, 5) is 4.47. The molecule has 1 aromatic heterocycles. The van der Waals surface area contributed by atoms with Crippen LogP contribution in [0.5, 0.6) is 0 Å². The Kier molecular flexibility index (Phi) is 6.75. The Morgan fingerprint density at radius 2 is 1.88 bits per heavy atom. The quantitative estimate of drug-likeness (QED) is 0.508. The lowest BCUT2D eigenvalue weighted by Gasteiger charge is -2.24. The molecule has 9 heteroatoms. The van der Waals surface area contributed by atoms with Crippen molar-refractivity contribution in [3.8, 4) is 0 Å². The molecule has 0 aliphatic heterocycles. The van der Waals surface area contributed by atoms with Crippen LogP contribution in [0.15, 0.2) is 29.6 Å². The molecule has 26 heavy (non-hydrogen) atoms. The summed E-state index contributed by atoms with van der Waals surface area (Å²) in [6.07, 6.45) is 0.667. The fourth-order valence-corrected chi connectivity index (χ4v) is 3.64. The zero-order valence-corrected chi connectivity index (χ0v) is 16.7. The van der Waals surface area contributed by atoms with Gasteiger partial charge in [0.25, 0.3) is 0 Å². The van der Waals surface area contributed by atoms with Gasteiger partial charge in [0.15, 0.2) is 0 Å². The van der Waals surface area contributed by atoms with Gasteiger partial charge in [-0.1, -0.05) is 32.9 Å². The monoisotopic (exact) mass is 399 g/mol. The number of rotatable bonds is 8. The second-order valence-corrected chi connectivity index (χ2v) is 9.35. The molecule has 1 heterocycles. The third-order valence-electron chi connectivity index (χ3n) is 3.55. The Labute approximate surface area is 158 Å². The van der Waals surface area contributed by atoms with E-state index in [1.165, 1.54) is 11.3 Å². The molecule has 0 amide bonds. The van der Waals surface area contributed by atoms with Crippen molar-refractivity contribution in [2.24, 2.45) is 5.41 Å². The lowest BCUT2D eigenvalue weighted by atomic mass is 9.96. The van der Waals surface area contributed by atoms with Crippen molar-refractivity contribution in [2.75, 3.05) is 11.3 Å². The minimum atomic E-state index is -4.28. The van der Waals surface area contributed by atoms with Crippen LogP contribution in [0.3, 0.4) is 0 Å². The normalized spacial score (nSPS) is 13.6. The van der Waals surface area contributed by atoms with Crippen LogP contribution in [0.25, 0.3) is 0 Å². The second-order valence-electron chi connectivity index (χ2n) is 7.31. The molecular formula is C17H25N3O4S2. The van der Waals surface area contributed by atoms with Gasteiger partial charge in [-0.3, -0.25) is 9.27 Å². The zero-order valence-electron chi connectivity index (χ0n) is 15.1. The molecule has 0 aliphatic carbocycles. The van der Waals surface area contributed by atoms with Crippen LogP contribution in [0, 0.1) is 5.41 Å². The highest BCUT2D eigenvalue weighted by atomic mass is 32.2. The number of thiazole rings is 1. The van der Waals surface area contributed by atoms with Crippen molar-refractivity contribution in [1.29, 1.82) is 0 Å². The van der Waals surface area contributed by atoms with E-state index in [4.69, 9.17) is 4.55 Å². The SMILES string of the molecule is CC(C)(C)CN[C@@H](Cc1ccc(NS(=O)(=O)O)cc1)c1nc(CO)cs1. The van der Waals surface area contributed by atoms with Crippen LogP contribution in [0.1, 0.15) is 43.1 Å². The molecule has 7 nitrogen and oxygen atoms in total. The lowest BCUT2D eigenvalue weighted by molar-refractivity contribution is 0.277. The van der Waals surface area contributed by atoms with Crippen LogP contribution in [-0.4, -0.2) is 29.6 Å². The van der Waals surface area contributed by atoms with Crippen LogP contribution in [0.4, 0.5) is 5.69 Å². The number of nitrogens with one attached hydrogen (secondary N) is 2. The van der Waals surface area contributed by atoms with E-state index < -0.39 is 10.3 Å². The number of benzene rings is 1. The van der Waals surface area contributed by atoms with Crippen LogP contribution < -0.4 is 10.0 Å². The molecule has 0 saturated heterocycles. The Morgan fingerprint density at radius 1 is 1.23 bits per heavy atom. The molecule has 0 saturated carbocycles. The third kappa shape index (κ3) is 7.00. The molecule has 144 valence electrons. The first kappa shape index (κ1) is 20.8. The van der Waals surface area contributed by atoms with E-state index in [9.17, 15) is 13.5 Å². The molecule has 0 radical (unpaired) electrons. The summed E-state index contributed by atoms with van der Waals surface area (Å²) in [5.74, 6) is 0. The number of aliphatic hydroxyl groups is 1. The summed E-state index contributed by atoms with van der Waals surface area (Å²) in [6.45, 7) is 7.15. The van der Waals surface area contributed by atoms with Crippen molar-refractivity contribution in [1.82, 2.24) is 10.3 Å². The van der Waals surface area contributed by atoms with Crippen molar-refractivity contribution >= 4 is 27.3 Å². The minimum absolute atomic E-state index is 0.0140. The summed E-state index contributed by atoms with van der Waals surface area (Å²) in [5, 5.41) is 15.5. The number of hydrogen-bond donors (Lipinski definition) is 4. The van der Waals surface area contributed by atoms with Crippen LogP contribution >= 0.6 is 11.3 Å². The van der Waals surface area contributed by atoms with Crippen molar-refractivity contribution in [2.45, 2.75) is 39.8 Å². The minimum Gasteiger partial charge on any atom is -0.390 e. The average Bonchev–Trinajstić information content (AvgIpc) is 2.99. The third-order valence-corrected chi connectivity index (χ3v) is 5.05. The topological polar surface area (TPSA) is 112 Å². The van der Waals surface area contributed by atoms with Gasteiger partial charge in [0.1, 0.15) is 5.01 Å². The van der Waals surface area contributed by atoms with Gasteiger partial charge in [-0.25, -0.2) is 4.98 Å². The molecule has 2 rings (SSSR count). The van der Waals surface area contributed by atoms with Crippen LogP contribution in [-0.2, 0) is 23.3 Å². The van der Waals surface area contributed by atoms with E-state index in [1.54, 1.807) is 24.3 Å². The predicted molar refractivity (Wildman–Crippen MR) is 104 cm³/mol. The Balaban J connectivity index is 2.14. The van der Waals surface area contributed by atoms with Crippen molar-refractivity contribution < 1.29 is 18.1 Å². The van der Waals surface area contributed by atoms with Gasteiger partial charge in [-0.05, 0) is 29.5 Å². The molecule has 1 atom stereocenters. The highest BCUT2D eigenvalue weighted by Crippen LogP contribution is 2.25. The van der Waals surface area contributed by atoms with Gasteiger partial charge in [-0.2, -0.15) is 8.42 Å². The molecule has 0 fully saturated rings. The van der Waals surface area contributed by atoms with Gasteiger partial charge >= 0.3 is 10.3 Å². The Hall–Kier alpha value is -1.52. The van der Waals surface area contributed by atoms with Gasteiger partial charge in [0.2, 0.25) is 0 Å². The maximum atomic E-state index is 10.9. The molecule has 0 aliphatic rings. The zero-order chi connectivity index (χ0) is 19.4. The molecule has 0 bridgehead atoms. The first-order valence-corrected chi connectivity index (χ1v) is 10.5. The number of anilines is 1. The first-order valence-electron chi connectivity index (χ1n) is 8.18. The number of aliphatic hydroxyl groups excluding tert-OH is 1. The van der Waals surface area contributed by atoms with E-state index >= 15 is 0 Å². The summed E-state index contributed by atoms with van der Waals surface area (Å²) in [6, 6.07) is 6.80. The van der Waals surface area contributed by atoms with Gasteiger partial charge in [-0.15, -0.1) is 11.3 Å². The fourth-order valence-electron chi connectivity index (χ4n) is 2.32. The molecule has 0 unspecified atom stereocenters. The number of hydrogen-bond acceptors (Lipinski definition) is 6. The van der Waals surface area contributed by atoms with Crippen molar-refractivity contribution in [3.05, 3.63) is 45.9 Å². The first-order chi connectivity index (χ1) is 12.1.